The maximum Gasteiger partial charge on any atom is 0.255 e. The lowest BCUT2D eigenvalue weighted by atomic mass is 9.97. The third-order valence-corrected chi connectivity index (χ3v) is 2.62. The lowest BCUT2D eigenvalue weighted by Crippen LogP contribution is -2.30. The van der Waals surface area contributed by atoms with E-state index in [-0.39, 0.29) is 18.3 Å². The van der Waals surface area contributed by atoms with E-state index in [0.29, 0.717) is 12.3 Å². The topological polar surface area (TPSA) is 41.1 Å². The molecule has 0 saturated carbocycles. The van der Waals surface area contributed by atoms with Gasteiger partial charge in [-0.25, -0.2) is 8.78 Å². The van der Waals surface area contributed by atoms with Crippen molar-refractivity contribution in [3.8, 4) is 0 Å². The van der Waals surface area contributed by atoms with E-state index in [0.717, 1.165) is 32.4 Å². The van der Waals surface area contributed by atoms with Crippen molar-refractivity contribution in [1.29, 1.82) is 0 Å². The Bertz CT molecular complexity index is 197. The lowest BCUT2D eigenvalue weighted by molar-refractivity contribution is -0.122. The molecule has 1 rings (SSSR count). The number of hydrogen-bond donors (Lipinski definition) is 2. The number of carbonyl (C=O) groups is 1. The van der Waals surface area contributed by atoms with E-state index in [1.807, 2.05) is 0 Å². The molecule has 6 heteroatoms. The van der Waals surface area contributed by atoms with Gasteiger partial charge in [0.2, 0.25) is 5.91 Å². The van der Waals surface area contributed by atoms with Crippen molar-refractivity contribution < 1.29 is 13.6 Å². The lowest BCUT2D eigenvalue weighted by Gasteiger charge is -2.12. The number of nitrogens with one attached hydrogen (secondary N) is 2. The predicted octanol–water partition coefficient (Wildman–Crippen LogP) is 1.57. The summed E-state index contributed by atoms with van der Waals surface area (Å²) in [5.74, 6) is 0.0971. The highest BCUT2D eigenvalue weighted by Crippen LogP contribution is 2.17. The number of rotatable bonds is 4. The van der Waals surface area contributed by atoms with E-state index < -0.39 is 13.0 Å². The van der Waals surface area contributed by atoms with E-state index in [2.05, 4.69) is 10.6 Å². The summed E-state index contributed by atoms with van der Waals surface area (Å²) in [4.78, 5) is 11.3. The van der Waals surface area contributed by atoms with Gasteiger partial charge >= 0.3 is 0 Å². The van der Waals surface area contributed by atoms with Crippen LogP contribution in [0.4, 0.5) is 8.78 Å². The highest BCUT2D eigenvalue weighted by molar-refractivity contribution is 5.85. The van der Waals surface area contributed by atoms with Gasteiger partial charge in [-0.3, -0.25) is 4.79 Å². The van der Waals surface area contributed by atoms with Crippen molar-refractivity contribution in [1.82, 2.24) is 10.6 Å². The van der Waals surface area contributed by atoms with Crippen molar-refractivity contribution in [2.45, 2.75) is 32.1 Å². The molecule has 0 aromatic heterocycles. The monoisotopic (exact) mass is 256 g/mol. The Morgan fingerprint density at radius 1 is 1.38 bits per heavy atom. The summed E-state index contributed by atoms with van der Waals surface area (Å²) in [6.07, 6.45) is 0.961. The van der Waals surface area contributed by atoms with Crippen LogP contribution in [-0.2, 0) is 4.79 Å². The summed E-state index contributed by atoms with van der Waals surface area (Å²) >= 11 is 0. The normalized spacial score (nSPS) is 21.1. The minimum Gasteiger partial charge on any atom is -0.350 e. The Morgan fingerprint density at radius 2 is 2.12 bits per heavy atom. The van der Waals surface area contributed by atoms with Gasteiger partial charge in [-0.15, -0.1) is 12.4 Å². The van der Waals surface area contributed by atoms with Gasteiger partial charge in [0, 0.05) is 6.42 Å². The highest BCUT2D eigenvalue weighted by Gasteiger charge is 2.16. The SMILES string of the molecule is Cl.O=C(CC1CCCNCC1)NCC(F)F. The van der Waals surface area contributed by atoms with Crippen molar-refractivity contribution in [2.75, 3.05) is 19.6 Å². The summed E-state index contributed by atoms with van der Waals surface area (Å²) in [5.41, 5.74) is 0. The van der Waals surface area contributed by atoms with Crippen molar-refractivity contribution in [3.05, 3.63) is 0 Å². The third-order valence-electron chi connectivity index (χ3n) is 2.62. The molecule has 0 aromatic rings. The molecule has 1 atom stereocenters. The van der Waals surface area contributed by atoms with Gasteiger partial charge in [0.15, 0.2) is 0 Å². The maximum atomic E-state index is 11.8. The molecule has 1 aliphatic rings. The van der Waals surface area contributed by atoms with Gasteiger partial charge in [0.25, 0.3) is 6.43 Å². The zero-order valence-corrected chi connectivity index (χ0v) is 9.99. The number of amides is 1. The molecule has 2 N–H and O–H groups in total. The zero-order chi connectivity index (χ0) is 11.1. The molecule has 1 fully saturated rings. The first-order chi connectivity index (χ1) is 7.18. The van der Waals surface area contributed by atoms with Crippen LogP contribution in [0.1, 0.15) is 25.7 Å². The van der Waals surface area contributed by atoms with Crippen molar-refractivity contribution >= 4 is 18.3 Å². The zero-order valence-electron chi connectivity index (χ0n) is 9.18. The van der Waals surface area contributed by atoms with Gasteiger partial charge in [-0.2, -0.15) is 0 Å². The van der Waals surface area contributed by atoms with Gasteiger partial charge < -0.3 is 10.6 Å². The minimum absolute atomic E-state index is 0. The molecular weight excluding hydrogens is 238 g/mol. The molecule has 0 spiro atoms. The summed E-state index contributed by atoms with van der Waals surface area (Å²) in [5, 5.41) is 5.49. The second-order valence-corrected chi connectivity index (χ2v) is 3.95. The predicted molar refractivity (Wildman–Crippen MR) is 61.1 cm³/mol. The van der Waals surface area contributed by atoms with Gasteiger partial charge in [0.05, 0.1) is 6.54 Å². The molecule has 3 nitrogen and oxygen atoms in total. The van der Waals surface area contributed by atoms with Crippen molar-refractivity contribution in [2.24, 2.45) is 5.92 Å². The Labute approximate surface area is 101 Å². The number of hydrogen-bond acceptors (Lipinski definition) is 2. The first kappa shape index (κ1) is 15.6. The summed E-state index contributed by atoms with van der Waals surface area (Å²) in [6.45, 7) is 1.39. The molecule has 0 radical (unpaired) electrons. The van der Waals surface area contributed by atoms with Crippen LogP contribution in [0.3, 0.4) is 0 Å². The second kappa shape index (κ2) is 8.70. The van der Waals surface area contributed by atoms with Crippen LogP contribution in [0.25, 0.3) is 0 Å². The van der Waals surface area contributed by atoms with Gasteiger partial charge in [-0.1, -0.05) is 0 Å². The summed E-state index contributed by atoms with van der Waals surface area (Å²) < 4.78 is 23.6. The number of alkyl halides is 2. The Kier molecular flexibility index (Phi) is 8.47. The Hall–Kier alpha value is -0.420. The first-order valence-corrected chi connectivity index (χ1v) is 5.44. The van der Waals surface area contributed by atoms with Crippen LogP contribution in [-0.4, -0.2) is 32.0 Å². The van der Waals surface area contributed by atoms with Gasteiger partial charge in [0.1, 0.15) is 0 Å². The van der Waals surface area contributed by atoms with E-state index >= 15 is 0 Å². The first-order valence-electron chi connectivity index (χ1n) is 5.44. The van der Waals surface area contributed by atoms with E-state index in [1.54, 1.807) is 0 Å². The van der Waals surface area contributed by atoms with E-state index in [4.69, 9.17) is 0 Å². The summed E-state index contributed by atoms with van der Waals surface area (Å²) in [7, 11) is 0. The van der Waals surface area contributed by atoms with Crippen LogP contribution in [0.5, 0.6) is 0 Å². The van der Waals surface area contributed by atoms with Crippen LogP contribution in [0.15, 0.2) is 0 Å². The third kappa shape index (κ3) is 6.95. The largest absolute Gasteiger partial charge is 0.350 e. The van der Waals surface area contributed by atoms with E-state index in [9.17, 15) is 13.6 Å². The number of carbonyl (C=O) groups excluding carboxylic acids is 1. The molecule has 1 saturated heterocycles. The molecule has 96 valence electrons. The molecule has 1 aliphatic heterocycles. The second-order valence-electron chi connectivity index (χ2n) is 3.95. The molecule has 0 bridgehead atoms. The van der Waals surface area contributed by atoms with Crippen LogP contribution < -0.4 is 10.6 Å². The van der Waals surface area contributed by atoms with Crippen molar-refractivity contribution in [3.63, 3.8) is 0 Å². The number of halogens is 3. The molecule has 1 unspecified atom stereocenters. The Morgan fingerprint density at radius 3 is 2.81 bits per heavy atom. The molecular formula is C10H19ClF2N2O. The van der Waals surface area contributed by atoms with Crippen LogP contribution >= 0.6 is 12.4 Å². The van der Waals surface area contributed by atoms with Gasteiger partial charge in [-0.05, 0) is 38.3 Å². The van der Waals surface area contributed by atoms with Crippen LogP contribution in [0.2, 0.25) is 0 Å². The fraction of sp³-hybridized carbons (Fsp3) is 0.900. The molecule has 1 amide bonds. The molecule has 0 aromatic carbocycles. The quantitative estimate of drug-likeness (QED) is 0.802. The molecule has 0 aliphatic carbocycles. The van der Waals surface area contributed by atoms with E-state index in [1.165, 1.54) is 0 Å². The summed E-state index contributed by atoms with van der Waals surface area (Å²) in [6, 6.07) is 0. The highest BCUT2D eigenvalue weighted by atomic mass is 35.5. The average molecular weight is 257 g/mol. The average Bonchev–Trinajstić information content (AvgIpc) is 2.43. The Balaban J connectivity index is 0.00000225. The molecule has 16 heavy (non-hydrogen) atoms. The fourth-order valence-corrected chi connectivity index (χ4v) is 1.82. The standard InChI is InChI=1S/C10H18F2N2O.ClH/c11-9(12)7-14-10(15)6-8-2-1-4-13-5-3-8;/h8-9,13H,1-7H2,(H,14,15);1H. The fourth-order valence-electron chi connectivity index (χ4n) is 1.82. The van der Waals surface area contributed by atoms with Crippen LogP contribution in [0, 0.1) is 5.92 Å². The maximum absolute atomic E-state index is 11.8. The minimum atomic E-state index is -2.45. The molecule has 1 heterocycles. The smallest absolute Gasteiger partial charge is 0.255 e.